The van der Waals surface area contributed by atoms with Gasteiger partial charge in [-0.15, -0.1) is 0 Å². The Morgan fingerprint density at radius 3 is 2.33 bits per heavy atom. The third-order valence-electron chi connectivity index (χ3n) is 4.02. The Kier molecular flexibility index (Phi) is 9.54. The van der Waals surface area contributed by atoms with Crippen molar-refractivity contribution in [3.8, 4) is 0 Å². The maximum atomic E-state index is 10.7. The Labute approximate surface area is 128 Å². The number of aliphatic hydroxyl groups excluding tert-OH is 1. The molecule has 4 nitrogen and oxygen atoms in total. The van der Waals surface area contributed by atoms with E-state index in [0.29, 0.717) is 30.8 Å². The highest BCUT2D eigenvalue weighted by molar-refractivity contribution is 5.67. The summed E-state index contributed by atoms with van der Waals surface area (Å²) in [6.45, 7) is 8.06. The molecule has 0 spiro atoms. The van der Waals surface area contributed by atoms with Crippen LogP contribution in [0.15, 0.2) is 11.6 Å². The van der Waals surface area contributed by atoms with E-state index >= 15 is 0 Å². The Balaban J connectivity index is 4.93. The van der Waals surface area contributed by atoms with Gasteiger partial charge in [0.2, 0.25) is 0 Å². The number of hydrogen-bond donors (Lipinski definition) is 3. The van der Waals surface area contributed by atoms with Gasteiger partial charge in [0.05, 0.1) is 18.1 Å². The van der Waals surface area contributed by atoms with Gasteiger partial charge < -0.3 is 15.3 Å². The summed E-state index contributed by atoms with van der Waals surface area (Å²) in [5, 5.41) is 29.5. The number of carboxylic acids is 1. The summed E-state index contributed by atoms with van der Waals surface area (Å²) in [4.78, 5) is 10.7. The summed E-state index contributed by atoms with van der Waals surface area (Å²) in [5.41, 5.74) is -0.345. The molecule has 4 heteroatoms. The van der Waals surface area contributed by atoms with Crippen LogP contribution in [0.5, 0.6) is 0 Å². The first-order valence-corrected chi connectivity index (χ1v) is 8.11. The van der Waals surface area contributed by atoms with Crippen molar-refractivity contribution in [3.05, 3.63) is 11.6 Å². The smallest absolute Gasteiger partial charge is 0.306 e. The second kappa shape index (κ2) is 9.96. The van der Waals surface area contributed by atoms with Gasteiger partial charge in [0.1, 0.15) is 0 Å². The van der Waals surface area contributed by atoms with Crippen molar-refractivity contribution in [2.45, 2.75) is 84.3 Å². The lowest BCUT2D eigenvalue weighted by molar-refractivity contribution is -0.138. The van der Waals surface area contributed by atoms with Gasteiger partial charge in [-0.05, 0) is 30.8 Å². The number of carbonyl (C=O) groups is 1. The van der Waals surface area contributed by atoms with Gasteiger partial charge in [-0.2, -0.15) is 0 Å². The molecule has 21 heavy (non-hydrogen) atoms. The highest BCUT2D eigenvalue weighted by Gasteiger charge is 2.26. The zero-order chi connectivity index (χ0) is 16.5. The number of rotatable bonds is 11. The van der Waals surface area contributed by atoms with E-state index in [9.17, 15) is 15.0 Å². The molecular formula is C17H32O4. The van der Waals surface area contributed by atoms with Crippen molar-refractivity contribution in [2.24, 2.45) is 5.92 Å². The van der Waals surface area contributed by atoms with Crippen molar-refractivity contribution < 1.29 is 20.1 Å². The second-order valence-electron chi connectivity index (χ2n) is 6.10. The van der Waals surface area contributed by atoms with E-state index in [1.165, 1.54) is 0 Å². The molecule has 0 unspecified atom stereocenters. The molecule has 0 aliphatic carbocycles. The van der Waals surface area contributed by atoms with Gasteiger partial charge in [0, 0.05) is 0 Å². The highest BCUT2D eigenvalue weighted by atomic mass is 16.4. The SMILES string of the molecule is CCCC[C@H](C)C[C@@](O)(C=C(CC)[C@@H](O)CC(=O)O)CC. The largest absolute Gasteiger partial charge is 0.481 e. The van der Waals surface area contributed by atoms with Gasteiger partial charge in [0.15, 0.2) is 0 Å². The Bertz CT molecular complexity index is 338. The lowest BCUT2D eigenvalue weighted by Gasteiger charge is -2.29. The molecule has 124 valence electrons. The Hall–Kier alpha value is -0.870. The van der Waals surface area contributed by atoms with Crippen LogP contribution in [0.4, 0.5) is 0 Å². The molecular weight excluding hydrogens is 268 g/mol. The fraction of sp³-hybridized carbons (Fsp3) is 0.824. The zero-order valence-electron chi connectivity index (χ0n) is 13.9. The van der Waals surface area contributed by atoms with E-state index in [0.717, 1.165) is 19.3 Å². The summed E-state index contributed by atoms with van der Waals surface area (Å²) in [7, 11) is 0. The topological polar surface area (TPSA) is 77.8 Å². The van der Waals surface area contributed by atoms with Crippen LogP contribution in [0.3, 0.4) is 0 Å². The number of aliphatic carboxylic acids is 1. The summed E-state index contributed by atoms with van der Waals surface area (Å²) >= 11 is 0. The molecule has 0 aromatic rings. The van der Waals surface area contributed by atoms with Crippen LogP contribution in [0, 0.1) is 5.92 Å². The average Bonchev–Trinajstić information content (AvgIpc) is 2.41. The van der Waals surface area contributed by atoms with Crippen molar-refractivity contribution >= 4 is 5.97 Å². The van der Waals surface area contributed by atoms with E-state index in [1.807, 2.05) is 13.8 Å². The zero-order valence-corrected chi connectivity index (χ0v) is 13.9. The quantitative estimate of drug-likeness (QED) is 0.510. The molecule has 3 atom stereocenters. The minimum atomic E-state index is -1.03. The first-order chi connectivity index (χ1) is 9.77. The minimum Gasteiger partial charge on any atom is -0.481 e. The van der Waals surface area contributed by atoms with E-state index in [4.69, 9.17) is 5.11 Å². The molecule has 0 bridgehead atoms. The van der Waals surface area contributed by atoms with Crippen LogP contribution in [-0.2, 0) is 4.79 Å². The first-order valence-electron chi connectivity index (χ1n) is 8.11. The van der Waals surface area contributed by atoms with Crippen LogP contribution in [0.1, 0.15) is 72.6 Å². The maximum absolute atomic E-state index is 10.7. The summed E-state index contributed by atoms with van der Waals surface area (Å²) in [6, 6.07) is 0. The lowest BCUT2D eigenvalue weighted by atomic mass is 9.84. The van der Waals surface area contributed by atoms with Crippen LogP contribution in [-0.4, -0.2) is 33.0 Å². The van der Waals surface area contributed by atoms with Crippen molar-refractivity contribution in [1.82, 2.24) is 0 Å². The van der Waals surface area contributed by atoms with Gasteiger partial charge >= 0.3 is 5.97 Å². The van der Waals surface area contributed by atoms with Crippen LogP contribution in [0.25, 0.3) is 0 Å². The molecule has 0 heterocycles. The standard InChI is InChI=1S/C17H32O4/c1-5-8-9-13(4)11-17(21,7-3)12-14(6-2)15(18)10-16(19)20/h12-13,15,18,21H,5-11H2,1-4H3,(H,19,20)/t13-,15-,17+/m0/s1. The third-order valence-corrected chi connectivity index (χ3v) is 4.02. The third kappa shape index (κ3) is 8.22. The van der Waals surface area contributed by atoms with E-state index in [1.54, 1.807) is 6.08 Å². The van der Waals surface area contributed by atoms with Gasteiger partial charge in [-0.25, -0.2) is 0 Å². The maximum Gasteiger partial charge on any atom is 0.306 e. The van der Waals surface area contributed by atoms with E-state index < -0.39 is 17.7 Å². The molecule has 0 aromatic carbocycles. The molecule has 0 rings (SSSR count). The van der Waals surface area contributed by atoms with E-state index in [-0.39, 0.29) is 6.42 Å². The highest BCUT2D eigenvalue weighted by Crippen LogP contribution is 2.28. The molecule has 0 aliphatic rings. The summed E-state index contributed by atoms with van der Waals surface area (Å²) < 4.78 is 0. The molecule has 0 aromatic heterocycles. The molecule has 0 saturated heterocycles. The van der Waals surface area contributed by atoms with Gasteiger partial charge in [0.25, 0.3) is 0 Å². The minimum absolute atomic E-state index is 0.315. The van der Waals surface area contributed by atoms with Crippen LogP contribution in [0.2, 0.25) is 0 Å². The fourth-order valence-electron chi connectivity index (χ4n) is 2.64. The molecule has 3 N–H and O–H groups in total. The predicted molar refractivity (Wildman–Crippen MR) is 85.2 cm³/mol. The normalized spacial score (nSPS) is 18.1. The van der Waals surface area contributed by atoms with Crippen molar-refractivity contribution in [3.63, 3.8) is 0 Å². The molecule has 0 amide bonds. The van der Waals surface area contributed by atoms with Crippen LogP contribution >= 0.6 is 0 Å². The molecule has 0 saturated carbocycles. The lowest BCUT2D eigenvalue weighted by Crippen LogP contribution is -2.30. The first kappa shape index (κ1) is 20.1. The van der Waals surface area contributed by atoms with Crippen LogP contribution < -0.4 is 0 Å². The second-order valence-corrected chi connectivity index (χ2v) is 6.10. The van der Waals surface area contributed by atoms with Gasteiger partial charge in [-0.1, -0.05) is 53.0 Å². The summed E-state index contributed by atoms with van der Waals surface area (Å²) in [6.07, 6.45) is 5.48. The Morgan fingerprint density at radius 1 is 1.29 bits per heavy atom. The summed E-state index contributed by atoms with van der Waals surface area (Å²) in [5.74, 6) is -0.626. The number of carboxylic acid groups (broad SMARTS) is 1. The molecule has 0 fully saturated rings. The fourth-order valence-corrected chi connectivity index (χ4v) is 2.64. The number of unbranched alkanes of at least 4 members (excludes halogenated alkanes) is 1. The van der Waals surface area contributed by atoms with Crippen molar-refractivity contribution in [2.75, 3.05) is 0 Å². The van der Waals surface area contributed by atoms with Gasteiger partial charge in [-0.3, -0.25) is 4.79 Å². The molecule has 0 aliphatic heterocycles. The predicted octanol–water partition coefficient (Wildman–Crippen LogP) is 3.52. The Morgan fingerprint density at radius 2 is 1.90 bits per heavy atom. The number of hydrogen-bond acceptors (Lipinski definition) is 3. The van der Waals surface area contributed by atoms with Crippen molar-refractivity contribution in [1.29, 1.82) is 0 Å². The number of aliphatic hydroxyl groups is 2. The van der Waals surface area contributed by atoms with E-state index in [2.05, 4.69) is 13.8 Å². The molecule has 0 radical (unpaired) electrons. The average molecular weight is 300 g/mol. The monoisotopic (exact) mass is 300 g/mol.